The third-order valence-corrected chi connectivity index (χ3v) is 5.32. The van der Waals surface area contributed by atoms with Gasteiger partial charge in [0.25, 0.3) is 0 Å². The Morgan fingerprint density at radius 1 is 1.04 bits per heavy atom. The molecule has 1 N–H and O–H groups in total. The Morgan fingerprint density at radius 2 is 1.75 bits per heavy atom. The number of likely N-dealkylation sites (tertiary alicyclic amines) is 1. The molecule has 0 bridgehead atoms. The van der Waals surface area contributed by atoms with E-state index in [-0.39, 0.29) is 11.4 Å². The molecule has 2 amide bonds. The molecule has 0 aromatic heterocycles. The van der Waals surface area contributed by atoms with Crippen LogP contribution in [0.25, 0.3) is 6.08 Å². The van der Waals surface area contributed by atoms with Gasteiger partial charge in [-0.15, -0.1) is 0 Å². The van der Waals surface area contributed by atoms with E-state index in [1.807, 2.05) is 36.1 Å². The number of hydrogen-bond acceptors (Lipinski definition) is 1. The van der Waals surface area contributed by atoms with Gasteiger partial charge in [0, 0.05) is 24.2 Å². The molecule has 1 fully saturated rings. The Bertz CT molecular complexity index is 784. The summed E-state index contributed by atoms with van der Waals surface area (Å²) in [5.74, 6) is 0. The molecule has 4 rings (SSSR count). The minimum Gasteiger partial charge on any atom is -0.324 e. The molecule has 0 atom stereocenters. The Hall–Kier alpha value is -2.55. The molecule has 1 spiro atoms. The number of piperidine rings is 1. The van der Waals surface area contributed by atoms with Gasteiger partial charge < -0.3 is 10.2 Å². The lowest BCUT2D eigenvalue weighted by Crippen LogP contribution is -2.45. The van der Waals surface area contributed by atoms with Crippen molar-refractivity contribution >= 4 is 17.8 Å². The third kappa shape index (κ3) is 2.60. The van der Waals surface area contributed by atoms with E-state index in [2.05, 4.69) is 41.7 Å². The molecule has 0 radical (unpaired) electrons. The lowest BCUT2D eigenvalue weighted by molar-refractivity contribution is 0.182. The van der Waals surface area contributed by atoms with Gasteiger partial charge in [0.1, 0.15) is 0 Å². The highest BCUT2D eigenvalue weighted by Gasteiger charge is 2.38. The SMILES string of the molecule is Cc1ccc(NC(=O)N2CCC3(C=Cc4ccccc43)CC2)cc1. The number of urea groups is 1. The Morgan fingerprint density at radius 3 is 2.50 bits per heavy atom. The molecular formula is C21H22N2O. The van der Waals surface area contributed by atoms with Crippen molar-refractivity contribution in [3.05, 3.63) is 71.3 Å². The highest BCUT2D eigenvalue weighted by Crippen LogP contribution is 2.43. The quantitative estimate of drug-likeness (QED) is 0.819. The molecule has 2 aliphatic rings. The smallest absolute Gasteiger partial charge is 0.321 e. The van der Waals surface area contributed by atoms with Crippen LogP contribution in [0.2, 0.25) is 0 Å². The normalized spacial score (nSPS) is 17.8. The van der Waals surface area contributed by atoms with E-state index in [0.717, 1.165) is 31.6 Å². The Balaban J connectivity index is 1.42. The van der Waals surface area contributed by atoms with E-state index < -0.39 is 0 Å². The number of hydrogen-bond donors (Lipinski definition) is 1. The van der Waals surface area contributed by atoms with E-state index in [0.29, 0.717) is 0 Å². The van der Waals surface area contributed by atoms with Crippen molar-refractivity contribution in [1.29, 1.82) is 0 Å². The molecule has 1 aliphatic heterocycles. The van der Waals surface area contributed by atoms with E-state index in [9.17, 15) is 4.79 Å². The lowest BCUT2D eigenvalue weighted by Gasteiger charge is -2.39. The van der Waals surface area contributed by atoms with Crippen LogP contribution in [0, 0.1) is 6.92 Å². The predicted octanol–water partition coefficient (Wildman–Crippen LogP) is 4.59. The topological polar surface area (TPSA) is 32.3 Å². The first kappa shape index (κ1) is 15.0. The fraction of sp³-hybridized carbons (Fsp3) is 0.286. The second-order valence-corrected chi connectivity index (χ2v) is 6.86. The number of aryl methyl sites for hydroxylation is 1. The number of nitrogens with zero attached hydrogens (tertiary/aromatic N) is 1. The molecule has 0 unspecified atom stereocenters. The highest BCUT2D eigenvalue weighted by atomic mass is 16.2. The fourth-order valence-electron chi connectivity index (χ4n) is 3.82. The molecule has 2 aromatic rings. The summed E-state index contributed by atoms with van der Waals surface area (Å²) in [6.07, 6.45) is 6.55. The number of nitrogens with one attached hydrogen (secondary N) is 1. The molecule has 0 saturated carbocycles. The van der Waals surface area contributed by atoms with Crippen molar-refractivity contribution in [3.8, 4) is 0 Å². The molecule has 3 nitrogen and oxygen atoms in total. The van der Waals surface area contributed by atoms with E-state index in [1.165, 1.54) is 16.7 Å². The first-order valence-electron chi connectivity index (χ1n) is 8.58. The van der Waals surface area contributed by atoms with Crippen molar-refractivity contribution in [2.75, 3.05) is 18.4 Å². The van der Waals surface area contributed by atoms with Crippen LogP contribution in [0.1, 0.15) is 29.5 Å². The van der Waals surface area contributed by atoms with Gasteiger partial charge in [0.15, 0.2) is 0 Å². The number of fused-ring (bicyclic) bond motifs is 2. The average molecular weight is 318 g/mol. The zero-order chi connectivity index (χ0) is 16.6. The van der Waals surface area contributed by atoms with Gasteiger partial charge in [-0.05, 0) is 43.0 Å². The number of amides is 2. The van der Waals surface area contributed by atoms with Crippen LogP contribution < -0.4 is 5.32 Å². The van der Waals surface area contributed by atoms with Gasteiger partial charge in [-0.2, -0.15) is 0 Å². The number of rotatable bonds is 1. The second-order valence-electron chi connectivity index (χ2n) is 6.86. The van der Waals surface area contributed by atoms with E-state index in [4.69, 9.17) is 0 Å². The fourth-order valence-corrected chi connectivity index (χ4v) is 3.82. The number of benzene rings is 2. The molecule has 1 aliphatic carbocycles. The van der Waals surface area contributed by atoms with Crippen LogP contribution >= 0.6 is 0 Å². The number of carbonyl (C=O) groups excluding carboxylic acids is 1. The van der Waals surface area contributed by atoms with Crippen LogP contribution in [-0.4, -0.2) is 24.0 Å². The zero-order valence-electron chi connectivity index (χ0n) is 14.0. The average Bonchev–Trinajstić information content (AvgIpc) is 2.96. The van der Waals surface area contributed by atoms with Crippen LogP contribution in [0.4, 0.5) is 10.5 Å². The van der Waals surface area contributed by atoms with Crippen molar-refractivity contribution in [2.24, 2.45) is 0 Å². The van der Waals surface area contributed by atoms with Crippen molar-refractivity contribution < 1.29 is 4.79 Å². The summed E-state index contributed by atoms with van der Waals surface area (Å²) in [5, 5.41) is 3.01. The predicted molar refractivity (Wildman–Crippen MR) is 98.2 cm³/mol. The van der Waals surface area contributed by atoms with Gasteiger partial charge in [-0.1, -0.05) is 54.1 Å². The summed E-state index contributed by atoms with van der Waals surface area (Å²) < 4.78 is 0. The maximum absolute atomic E-state index is 12.5. The zero-order valence-corrected chi connectivity index (χ0v) is 14.0. The lowest BCUT2D eigenvalue weighted by atomic mass is 9.74. The summed E-state index contributed by atoms with van der Waals surface area (Å²) in [6, 6.07) is 16.6. The summed E-state index contributed by atoms with van der Waals surface area (Å²) >= 11 is 0. The molecule has 2 aromatic carbocycles. The van der Waals surface area contributed by atoms with Crippen molar-refractivity contribution in [2.45, 2.75) is 25.2 Å². The van der Waals surface area contributed by atoms with Crippen LogP contribution in [0.5, 0.6) is 0 Å². The molecule has 122 valence electrons. The molecule has 1 saturated heterocycles. The molecule has 3 heteroatoms. The molecular weight excluding hydrogens is 296 g/mol. The first-order valence-corrected chi connectivity index (χ1v) is 8.58. The summed E-state index contributed by atoms with van der Waals surface area (Å²) in [4.78, 5) is 14.4. The van der Waals surface area contributed by atoms with Gasteiger partial charge in [0.2, 0.25) is 0 Å². The Labute approximate surface area is 143 Å². The highest BCUT2D eigenvalue weighted by molar-refractivity contribution is 5.89. The number of carbonyl (C=O) groups is 1. The van der Waals surface area contributed by atoms with Crippen LogP contribution in [-0.2, 0) is 5.41 Å². The first-order chi connectivity index (χ1) is 11.7. The van der Waals surface area contributed by atoms with Gasteiger partial charge in [-0.25, -0.2) is 4.79 Å². The third-order valence-electron chi connectivity index (χ3n) is 5.32. The van der Waals surface area contributed by atoms with Crippen LogP contribution in [0.3, 0.4) is 0 Å². The van der Waals surface area contributed by atoms with E-state index in [1.54, 1.807) is 0 Å². The minimum absolute atomic E-state index is 0.00367. The maximum Gasteiger partial charge on any atom is 0.321 e. The number of anilines is 1. The summed E-state index contributed by atoms with van der Waals surface area (Å²) in [5.41, 5.74) is 4.92. The summed E-state index contributed by atoms with van der Waals surface area (Å²) in [7, 11) is 0. The maximum atomic E-state index is 12.5. The largest absolute Gasteiger partial charge is 0.324 e. The number of allylic oxidation sites excluding steroid dienone is 1. The van der Waals surface area contributed by atoms with Crippen LogP contribution in [0.15, 0.2) is 54.6 Å². The Kier molecular flexibility index (Phi) is 3.64. The second kappa shape index (κ2) is 5.82. The van der Waals surface area contributed by atoms with Crippen molar-refractivity contribution in [1.82, 2.24) is 4.90 Å². The summed E-state index contributed by atoms with van der Waals surface area (Å²) in [6.45, 7) is 3.62. The minimum atomic E-state index is 0.00367. The van der Waals surface area contributed by atoms with Gasteiger partial charge in [0.05, 0.1) is 0 Å². The van der Waals surface area contributed by atoms with Gasteiger partial charge >= 0.3 is 6.03 Å². The molecule has 24 heavy (non-hydrogen) atoms. The van der Waals surface area contributed by atoms with Gasteiger partial charge in [-0.3, -0.25) is 0 Å². The standard InChI is InChI=1S/C21H22N2O/c1-16-6-8-18(9-7-16)22-20(24)23-14-12-21(13-15-23)11-10-17-4-2-3-5-19(17)21/h2-11H,12-15H2,1H3,(H,22,24). The van der Waals surface area contributed by atoms with E-state index >= 15 is 0 Å². The van der Waals surface area contributed by atoms with Crippen molar-refractivity contribution in [3.63, 3.8) is 0 Å². The monoisotopic (exact) mass is 318 g/mol. The molecule has 1 heterocycles.